The molecule has 6 nitrogen and oxygen atoms in total. The molecule has 4 rings (SSSR count). The second-order valence-corrected chi connectivity index (χ2v) is 11.6. The predicted octanol–water partition coefficient (Wildman–Crippen LogP) is 6.45. The van der Waals surface area contributed by atoms with Gasteiger partial charge in [-0.15, -0.1) is 11.3 Å². The van der Waals surface area contributed by atoms with E-state index >= 15 is 0 Å². The second kappa shape index (κ2) is 13.0. The van der Waals surface area contributed by atoms with Crippen LogP contribution in [-0.4, -0.2) is 39.7 Å². The van der Waals surface area contributed by atoms with E-state index in [2.05, 4.69) is 41.5 Å². The first-order valence-electron chi connectivity index (χ1n) is 12.1. The maximum atomic E-state index is 12.8. The van der Waals surface area contributed by atoms with Crippen LogP contribution in [0.3, 0.4) is 0 Å². The van der Waals surface area contributed by atoms with Gasteiger partial charge in [-0.05, 0) is 49.1 Å². The maximum absolute atomic E-state index is 12.8. The summed E-state index contributed by atoms with van der Waals surface area (Å²) in [5, 5.41) is 3.54. The van der Waals surface area contributed by atoms with Crippen LogP contribution < -0.4 is 10.1 Å². The summed E-state index contributed by atoms with van der Waals surface area (Å²) in [6.45, 7) is 2.64. The Morgan fingerprint density at radius 3 is 2.73 bits per heavy atom. The summed E-state index contributed by atoms with van der Waals surface area (Å²) in [4.78, 5) is 32.9. The molecule has 1 aromatic heterocycles. The van der Waals surface area contributed by atoms with Crippen molar-refractivity contribution in [3.63, 3.8) is 0 Å². The highest BCUT2D eigenvalue weighted by molar-refractivity contribution is 8.26. The minimum absolute atomic E-state index is 0.0375. The second-order valence-electron chi connectivity index (χ2n) is 8.76. The van der Waals surface area contributed by atoms with E-state index in [-0.39, 0.29) is 11.8 Å². The SMILES string of the molecule is COc1ccc(/C=C2/SC(=S)N(CCCCCC(=O)Nc3ncc(Cc4cccc(C)c4)s3)C2=O)cc1. The van der Waals surface area contributed by atoms with Crippen LogP contribution in [0.5, 0.6) is 5.75 Å². The Hall–Kier alpha value is -3.01. The van der Waals surface area contributed by atoms with E-state index < -0.39 is 0 Å². The summed E-state index contributed by atoms with van der Waals surface area (Å²) in [5.41, 5.74) is 3.39. The fourth-order valence-corrected chi connectivity index (χ4v) is 6.10. The first-order valence-corrected chi connectivity index (χ1v) is 14.1. The van der Waals surface area contributed by atoms with Crippen molar-refractivity contribution in [1.29, 1.82) is 0 Å². The molecule has 1 aliphatic rings. The number of thiocarbonyl (C=S) groups is 1. The normalized spacial score (nSPS) is 14.4. The number of hydrogen-bond acceptors (Lipinski definition) is 7. The number of benzene rings is 2. The van der Waals surface area contributed by atoms with E-state index in [0.29, 0.717) is 27.3 Å². The van der Waals surface area contributed by atoms with Crippen molar-refractivity contribution in [2.75, 3.05) is 19.0 Å². The summed E-state index contributed by atoms with van der Waals surface area (Å²) in [6.07, 6.45) is 7.27. The summed E-state index contributed by atoms with van der Waals surface area (Å²) >= 11 is 8.27. The Kier molecular flexibility index (Phi) is 9.49. The van der Waals surface area contributed by atoms with Gasteiger partial charge in [0, 0.05) is 30.5 Å². The number of rotatable bonds is 11. The standard InChI is InChI=1S/C28H29N3O3S3/c1-19-7-6-8-21(15-19)16-23-18-29-27(36-23)30-25(32)9-4-3-5-14-31-26(33)24(37-28(31)35)17-20-10-12-22(34-2)13-11-20/h6-8,10-13,15,17-18H,3-5,9,14,16H2,1-2H3,(H,29,30,32)/b24-17+. The smallest absolute Gasteiger partial charge is 0.266 e. The van der Waals surface area contributed by atoms with Crippen LogP contribution in [0, 0.1) is 6.92 Å². The highest BCUT2D eigenvalue weighted by Crippen LogP contribution is 2.33. The molecule has 2 amide bonds. The van der Waals surface area contributed by atoms with Crippen LogP contribution in [0.1, 0.15) is 47.3 Å². The summed E-state index contributed by atoms with van der Waals surface area (Å²) < 4.78 is 5.75. The lowest BCUT2D eigenvalue weighted by Crippen LogP contribution is -2.29. The molecule has 0 saturated carbocycles. The zero-order chi connectivity index (χ0) is 26.2. The number of thioether (sulfide) groups is 1. The van der Waals surface area contributed by atoms with Crippen molar-refractivity contribution in [1.82, 2.24) is 9.88 Å². The van der Waals surface area contributed by atoms with Gasteiger partial charge in [0.2, 0.25) is 5.91 Å². The minimum Gasteiger partial charge on any atom is -0.497 e. The molecule has 0 aliphatic carbocycles. The lowest BCUT2D eigenvalue weighted by molar-refractivity contribution is -0.122. The van der Waals surface area contributed by atoms with Gasteiger partial charge in [-0.1, -0.05) is 72.4 Å². The van der Waals surface area contributed by atoms with E-state index in [9.17, 15) is 9.59 Å². The van der Waals surface area contributed by atoms with E-state index in [0.717, 1.165) is 41.9 Å². The molecule has 9 heteroatoms. The minimum atomic E-state index is -0.0613. The number of hydrogen-bond donors (Lipinski definition) is 1. The molecule has 3 aromatic rings. The Labute approximate surface area is 231 Å². The molecule has 2 heterocycles. The van der Waals surface area contributed by atoms with Gasteiger partial charge in [0.25, 0.3) is 5.91 Å². The van der Waals surface area contributed by atoms with Crippen molar-refractivity contribution in [2.24, 2.45) is 0 Å². The number of amides is 2. The number of carbonyl (C=O) groups excluding carboxylic acids is 2. The van der Waals surface area contributed by atoms with Crippen molar-refractivity contribution in [3.05, 3.63) is 81.2 Å². The zero-order valence-electron chi connectivity index (χ0n) is 20.9. The molecule has 192 valence electrons. The van der Waals surface area contributed by atoms with Crippen LogP contribution in [0.4, 0.5) is 5.13 Å². The van der Waals surface area contributed by atoms with Gasteiger partial charge < -0.3 is 10.1 Å². The first kappa shape index (κ1) is 27.0. The van der Waals surface area contributed by atoms with E-state index in [1.54, 1.807) is 12.0 Å². The molecular formula is C28H29N3O3S3. The van der Waals surface area contributed by atoms with E-state index in [1.165, 1.54) is 34.2 Å². The summed E-state index contributed by atoms with van der Waals surface area (Å²) in [7, 11) is 1.62. The Bertz CT molecular complexity index is 1300. The van der Waals surface area contributed by atoms with Crippen molar-refractivity contribution in [3.8, 4) is 5.75 Å². The maximum Gasteiger partial charge on any atom is 0.266 e. The Balaban J connectivity index is 1.17. The molecule has 0 bridgehead atoms. The largest absolute Gasteiger partial charge is 0.497 e. The van der Waals surface area contributed by atoms with Crippen molar-refractivity contribution in [2.45, 2.75) is 39.0 Å². The number of nitrogens with zero attached hydrogens (tertiary/aromatic N) is 2. The summed E-state index contributed by atoms with van der Waals surface area (Å²) in [6, 6.07) is 15.9. The molecule has 0 spiro atoms. The molecule has 1 aliphatic heterocycles. The first-order chi connectivity index (χ1) is 17.9. The van der Waals surface area contributed by atoms with Gasteiger partial charge in [0.1, 0.15) is 10.1 Å². The number of methoxy groups -OCH3 is 1. The van der Waals surface area contributed by atoms with Crippen LogP contribution in [0.25, 0.3) is 6.08 Å². The molecule has 1 fully saturated rings. The average molecular weight is 552 g/mol. The summed E-state index contributed by atoms with van der Waals surface area (Å²) in [5.74, 6) is 0.672. The highest BCUT2D eigenvalue weighted by atomic mass is 32.2. The fraction of sp³-hybridized carbons (Fsp3) is 0.286. The van der Waals surface area contributed by atoms with Crippen molar-refractivity contribution < 1.29 is 14.3 Å². The third-order valence-electron chi connectivity index (χ3n) is 5.83. The van der Waals surface area contributed by atoms with Crippen molar-refractivity contribution >= 4 is 62.7 Å². The molecule has 1 saturated heterocycles. The van der Waals surface area contributed by atoms with Gasteiger partial charge in [-0.2, -0.15) is 0 Å². The third kappa shape index (κ3) is 7.74. The number of unbranched alkanes of at least 4 members (excludes halogenated alkanes) is 2. The number of anilines is 1. The number of nitrogens with one attached hydrogen (secondary N) is 1. The van der Waals surface area contributed by atoms with Gasteiger partial charge >= 0.3 is 0 Å². The predicted molar refractivity (Wildman–Crippen MR) is 156 cm³/mol. The molecule has 1 N–H and O–H groups in total. The molecule has 0 unspecified atom stereocenters. The highest BCUT2D eigenvalue weighted by Gasteiger charge is 2.31. The lowest BCUT2D eigenvalue weighted by atomic mass is 10.1. The quantitative estimate of drug-likeness (QED) is 0.168. The Morgan fingerprint density at radius 2 is 1.97 bits per heavy atom. The van der Waals surface area contributed by atoms with Crippen LogP contribution in [-0.2, 0) is 16.0 Å². The number of thiazole rings is 1. The van der Waals surface area contributed by atoms with Gasteiger partial charge in [0.15, 0.2) is 5.13 Å². The topological polar surface area (TPSA) is 71.5 Å². The Morgan fingerprint density at radius 1 is 1.16 bits per heavy atom. The zero-order valence-corrected chi connectivity index (χ0v) is 23.3. The number of carbonyl (C=O) groups is 2. The third-order valence-corrected chi connectivity index (χ3v) is 8.12. The molecular weight excluding hydrogens is 523 g/mol. The van der Waals surface area contributed by atoms with Gasteiger partial charge in [-0.3, -0.25) is 14.5 Å². The number of aromatic nitrogens is 1. The molecule has 37 heavy (non-hydrogen) atoms. The van der Waals surface area contributed by atoms with Crippen LogP contribution >= 0.6 is 35.3 Å². The number of ether oxygens (including phenoxy) is 1. The fourth-order valence-electron chi connectivity index (χ4n) is 3.93. The number of aryl methyl sites for hydroxylation is 1. The monoisotopic (exact) mass is 551 g/mol. The van der Waals surface area contributed by atoms with Crippen LogP contribution in [0.15, 0.2) is 59.6 Å². The average Bonchev–Trinajstić information content (AvgIpc) is 3.42. The molecule has 0 atom stereocenters. The molecule has 0 radical (unpaired) electrons. The van der Waals surface area contributed by atoms with E-state index in [1.807, 2.05) is 36.5 Å². The van der Waals surface area contributed by atoms with E-state index in [4.69, 9.17) is 17.0 Å². The van der Waals surface area contributed by atoms with Crippen LogP contribution in [0.2, 0.25) is 0 Å². The van der Waals surface area contributed by atoms with Gasteiger partial charge in [-0.25, -0.2) is 4.98 Å². The lowest BCUT2D eigenvalue weighted by Gasteiger charge is -2.14. The van der Waals surface area contributed by atoms with Gasteiger partial charge in [0.05, 0.1) is 12.0 Å². The molecule has 2 aromatic carbocycles.